The van der Waals surface area contributed by atoms with Crippen molar-refractivity contribution in [1.29, 1.82) is 0 Å². The van der Waals surface area contributed by atoms with Gasteiger partial charge < -0.3 is 4.90 Å². The number of hydrogen-bond acceptors (Lipinski definition) is 3. The molecular formula is C14H14FNO2S. The second-order valence-corrected chi connectivity index (χ2v) is 6.68. The number of ketones is 1. The first kappa shape index (κ1) is 12.7. The van der Waals surface area contributed by atoms with E-state index in [1.54, 1.807) is 22.7 Å². The Hall–Kier alpha value is -1.36. The van der Waals surface area contributed by atoms with Gasteiger partial charge in [-0.2, -0.15) is 0 Å². The Kier molecular flexibility index (Phi) is 3.09. The number of halogens is 1. The first-order chi connectivity index (χ1) is 9.12. The molecule has 2 aliphatic heterocycles. The van der Waals surface area contributed by atoms with Crippen molar-refractivity contribution in [2.75, 3.05) is 13.1 Å². The summed E-state index contributed by atoms with van der Waals surface area (Å²) in [4.78, 5) is 25.6. The van der Waals surface area contributed by atoms with Crippen LogP contribution >= 0.6 is 11.8 Å². The van der Waals surface area contributed by atoms with Crippen LogP contribution in [0.4, 0.5) is 4.39 Å². The maximum Gasteiger partial charge on any atom is 0.209 e. The van der Waals surface area contributed by atoms with E-state index in [0.717, 1.165) is 24.1 Å². The summed E-state index contributed by atoms with van der Waals surface area (Å²) in [5.74, 6) is -0.341. The number of likely N-dealkylation sites (tertiary alicyclic amines) is 1. The van der Waals surface area contributed by atoms with Gasteiger partial charge in [0.2, 0.25) is 6.41 Å². The second-order valence-electron chi connectivity index (χ2n) is 5.17. The van der Waals surface area contributed by atoms with Crippen molar-refractivity contribution in [3.05, 3.63) is 29.6 Å². The van der Waals surface area contributed by atoms with Crippen molar-refractivity contribution in [3.8, 4) is 0 Å². The highest BCUT2D eigenvalue weighted by Gasteiger charge is 2.41. The van der Waals surface area contributed by atoms with Gasteiger partial charge in [0.25, 0.3) is 0 Å². The van der Waals surface area contributed by atoms with Gasteiger partial charge in [-0.25, -0.2) is 4.39 Å². The number of nitrogens with zero attached hydrogens (tertiary/aromatic N) is 1. The number of hydrogen-bond donors (Lipinski definition) is 0. The lowest BCUT2D eigenvalue weighted by molar-refractivity contribution is -0.119. The molecule has 0 N–H and O–H groups in total. The zero-order chi connectivity index (χ0) is 13.5. The standard InChI is InChI=1S/C14H14FNO2S/c15-10-1-2-13-11(7-10)12(18)8-14(19-13)3-5-16(9-17)6-4-14/h1-2,7,9H,3-6,8H2. The second kappa shape index (κ2) is 4.63. The Morgan fingerprint density at radius 3 is 2.74 bits per heavy atom. The number of thioether (sulfide) groups is 1. The molecular weight excluding hydrogens is 265 g/mol. The molecule has 1 spiro atoms. The van der Waals surface area contributed by atoms with Crippen molar-refractivity contribution < 1.29 is 14.0 Å². The monoisotopic (exact) mass is 279 g/mol. The SMILES string of the molecule is O=CN1CCC2(CC1)CC(=O)c1cc(F)ccc1S2. The van der Waals surface area contributed by atoms with Gasteiger partial charge in [-0.15, -0.1) is 11.8 Å². The lowest BCUT2D eigenvalue weighted by Crippen LogP contribution is -2.44. The van der Waals surface area contributed by atoms with Crippen LogP contribution in [0.1, 0.15) is 29.6 Å². The van der Waals surface area contributed by atoms with Crippen LogP contribution in [0, 0.1) is 5.82 Å². The van der Waals surface area contributed by atoms with Gasteiger partial charge in [0.05, 0.1) is 0 Å². The number of amides is 1. The molecule has 0 aliphatic carbocycles. The van der Waals surface area contributed by atoms with E-state index in [2.05, 4.69) is 0 Å². The third-order valence-electron chi connectivity index (χ3n) is 3.91. The van der Waals surface area contributed by atoms with Crippen LogP contribution in [0.15, 0.2) is 23.1 Å². The summed E-state index contributed by atoms with van der Waals surface area (Å²) in [6.07, 6.45) is 2.95. The fraction of sp³-hybridized carbons (Fsp3) is 0.429. The van der Waals surface area contributed by atoms with E-state index in [4.69, 9.17) is 0 Å². The van der Waals surface area contributed by atoms with Gasteiger partial charge in [-0.1, -0.05) is 0 Å². The molecule has 3 rings (SSSR count). The fourth-order valence-electron chi connectivity index (χ4n) is 2.78. The van der Waals surface area contributed by atoms with Crippen molar-refractivity contribution in [3.63, 3.8) is 0 Å². The number of carbonyl (C=O) groups is 2. The molecule has 100 valence electrons. The van der Waals surface area contributed by atoms with Crippen LogP contribution in [0.3, 0.4) is 0 Å². The Morgan fingerprint density at radius 2 is 2.05 bits per heavy atom. The van der Waals surface area contributed by atoms with E-state index in [-0.39, 0.29) is 16.3 Å². The summed E-state index contributed by atoms with van der Waals surface area (Å²) in [6, 6.07) is 4.43. The first-order valence-electron chi connectivity index (χ1n) is 6.33. The highest BCUT2D eigenvalue weighted by atomic mass is 32.2. The highest BCUT2D eigenvalue weighted by Crippen LogP contribution is 2.48. The Balaban J connectivity index is 1.87. The lowest BCUT2D eigenvalue weighted by Gasteiger charge is -2.42. The summed E-state index contributed by atoms with van der Waals surface area (Å²) < 4.78 is 13.1. The van der Waals surface area contributed by atoms with Crippen LogP contribution in [0.25, 0.3) is 0 Å². The van der Waals surface area contributed by atoms with E-state index in [1.165, 1.54) is 12.1 Å². The molecule has 2 aliphatic rings. The van der Waals surface area contributed by atoms with Crippen LogP contribution in [0.5, 0.6) is 0 Å². The molecule has 1 aromatic rings. The van der Waals surface area contributed by atoms with Crippen LogP contribution in [-0.2, 0) is 4.79 Å². The molecule has 19 heavy (non-hydrogen) atoms. The van der Waals surface area contributed by atoms with Gasteiger partial charge in [-0.05, 0) is 31.0 Å². The number of Topliss-reactive ketones (excluding diaryl/α,β-unsaturated/α-hetero) is 1. The van der Waals surface area contributed by atoms with Gasteiger partial charge in [-0.3, -0.25) is 9.59 Å². The van der Waals surface area contributed by atoms with Crippen LogP contribution in [0.2, 0.25) is 0 Å². The molecule has 5 heteroatoms. The largest absolute Gasteiger partial charge is 0.345 e. The molecule has 1 fully saturated rings. The number of benzene rings is 1. The van der Waals surface area contributed by atoms with Gasteiger partial charge in [0, 0.05) is 34.7 Å². The van der Waals surface area contributed by atoms with Gasteiger partial charge in [0.1, 0.15) is 5.82 Å². The normalized spacial score (nSPS) is 21.3. The molecule has 1 saturated heterocycles. The summed E-state index contributed by atoms with van der Waals surface area (Å²) in [6.45, 7) is 1.39. The summed E-state index contributed by atoms with van der Waals surface area (Å²) >= 11 is 1.68. The number of piperidine rings is 1. The van der Waals surface area contributed by atoms with E-state index in [0.29, 0.717) is 25.1 Å². The molecule has 0 bridgehead atoms. The number of fused-ring (bicyclic) bond motifs is 1. The zero-order valence-corrected chi connectivity index (χ0v) is 11.2. The molecule has 0 aromatic heterocycles. The quantitative estimate of drug-likeness (QED) is 0.741. The fourth-order valence-corrected chi connectivity index (χ4v) is 4.26. The summed E-state index contributed by atoms with van der Waals surface area (Å²) in [5.41, 5.74) is 0.508. The van der Waals surface area contributed by atoms with Crippen molar-refractivity contribution in [1.82, 2.24) is 4.90 Å². The van der Waals surface area contributed by atoms with E-state index in [1.807, 2.05) is 0 Å². The Bertz CT molecular complexity index is 538. The third kappa shape index (κ3) is 2.27. The zero-order valence-electron chi connectivity index (χ0n) is 10.4. The number of rotatable bonds is 1. The number of carbonyl (C=O) groups excluding carboxylic acids is 2. The minimum Gasteiger partial charge on any atom is -0.345 e. The highest BCUT2D eigenvalue weighted by molar-refractivity contribution is 8.01. The smallest absolute Gasteiger partial charge is 0.209 e. The lowest BCUT2D eigenvalue weighted by atomic mass is 9.88. The molecule has 0 atom stereocenters. The van der Waals surface area contributed by atoms with Gasteiger partial charge >= 0.3 is 0 Å². The average molecular weight is 279 g/mol. The topological polar surface area (TPSA) is 37.4 Å². The van der Waals surface area contributed by atoms with E-state index < -0.39 is 0 Å². The van der Waals surface area contributed by atoms with Gasteiger partial charge in [0.15, 0.2) is 5.78 Å². The molecule has 2 heterocycles. The van der Waals surface area contributed by atoms with Crippen molar-refractivity contribution in [2.24, 2.45) is 0 Å². The van der Waals surface area contributed by atoms with E-state index >= 15 is 0 Å². The maximum absolute atomic E-state index is 13.2. The van der Waals surface area contributed by atoms with Crippen LogP contribution in [-0.4, -0.2) is 34.9 Å². The molecule has 1 aromatic carbocycles. The molecule has 0 radical (unpaired) electrons. The summed E-state index contributed by atoms with van der Waals surface area (Å²) in [7, 11) is 0. The van der Waals surface area contributed by atoms with Crippen LogP contribution < -0.4 is 0 Å². The predicted molar refractivity (Wildman–Crippen MR) is 70.8 cm³/mol. The Morgan fingerprint density at radius 1 is 1.32 bits per heavy atom. The summed E-state index contributed by atoms with van der Waals surface area (Å²) in [5, 5.41) is 0. The average Bonchev–Trinajstić information content (AvgIpc) is 2.41. The van der Waals surface area contributed by atoms with Crippen molar-refractivity contribution >= 4 is 24.0 Å². The minimum absolute atomic E-state index is 0.0211. The molecule has 3 nitrogen and oxygen atoms in total. The Labute approximate surface area is 115 Å². The molecule has 1 amide bonds. The minimum atomic E-state index is -0.362. The van der Waals surface area contributed by atoms with Crippen molar-refractivity contribution in [2.45, 2.75) is 28.9 Å². The predicted octanol–water partition coefficient (Wildman–Crippen LogP) is 2.50. The first-order valence-corrected chi connectivity index (χ1v) is 7.15. The third-order valence-corrected chi connectivity index (χ3v) is 5.47. The maximum atomic E-state index is 13.2. The molecule has 0 unspecified atom stereocenters. The molecule has 0 saturated carbocycles. The van der Waals surface area contributed by atoms with E-state index in [9.17, 15) is 14.0 Å².